The van der Waals surface area contributed by atoms with Crippen LogP contribution >= 0.6 is 0 Å². The molecule has 2 aliphatic heterocycles. The van der Waals surface area contributed by atoms with Crippen LogP contribution in [0.15, 0.2) is 71.6 Å². The van der Waals surface area contributed by atoms with E-state index in [0.29, 0.717) is 25.7 Å². The van der Waals surface area contributed by atoms with Crippen molar-refractivity contribution in [3.8, 4) is 5.75 Å². The van der Waals surface area contributed by atoms with Crippen LogP contribution in [0.25, 0.3) is 0 Å². The molecule has 3 aromatic rings. The summed E-state index contributed by atoms with van der Waals surface area (Å²) in [5.74, 6) is 1.25. The molecule has 3 aliphatic rings. The van der Waals surface area contributed by atoms with Crippen molar-refractivity contribution in [2.45, 2.75) is 75.4 Å². The first kappa shape index (κ1) is 36.8. The van der Waals surface area contributed by atoms with Crippen molar-refractivity contribution in [3.05, 3.63) is 89.0 Å². The quantitative estimate of drug-likeness (QED) is 0.187. The first-order valence-electron chi connectivity index (χ1n) is 17.9. The van der Waals surface area contributed by atoms with Crippen LogP contribution in [0.5, 0.6) is 5.75 Å². The molecule has 6 rings (SSSR count). The predicted octanol–water partition coefficient (Wildman–Crippen LogP) is 5.30. The Hall–Kier alpha value is -3.03. The largest absolute Gasteiger partial charge is 0.490 e. The molecule has 0 bridgehead atoms. The third kappa shape index (κ3) is 9.44. The highest BCUT2D eigenvalue weighted by Gasteiger charge is 2.44. The lowest BCUT2D eigenvalue weighted by Gasteiger charge is -2.43. The Morgan fingerprint density at radius 2 is 1.66 bits per heavy atom. The van der Waals surface area contributed by atoms with E-state index in [0.717, 1.165) is 59.8 Å². The summed E-state index contributed by atoms with van der Waals surface area (Å²) in [5.41, 5.74) is 5.05. The van der Waals surface area contributed by atoms with Gasteiger partial charge in [-0.25, -0.2) is 8.42 Å². The first-order chi connectivity index (χ1) is 24.2. The minimum atomic E-state index is -3.86. The zero-order valence-corrected chi connectivity index (χ0v) is 30.4. The second-order valence-corrected chi connectivity index (χ2v) is 15.9. The van der Waals surface area contributed by atoms with Gasteiger partial charge < -0.3 is 33.7 Å². The predicted molar refractivity (Wildman–Crippen MR) is 192 cm³/mol. The summed E-state index contributed by atoms with van der Waals surface area (Å²) >= 11 is 0. The Balaban J connectivity index is 1.27. The molecule has 11 heteroatoms. The lowest BCUT2D eigenvalue weighted by atomic mass is 9.85. The number of aryl methyl sites for hydroxylation is 1. The molecule has 272 valence electrons. The van der Waals surface area contributed by atoms with Crippen LogP contribution in [-0.4, -0.2) is 95.9 Å². The van der Waals surface area contributed by atoms with E-state index in [9.17, 15) is 13.5 Å². The number of hydrogen-bond donors (Lipinski definition) is 1. The average Bonchev–Trinajstić information content (AvgIpc) is 3.95. The number of rotatable bonds is 17. The normalized spacial score (nSPS) is 21.8. The SMILES string of the molecule is COCCCN1CCOc2ccc(CO[C@H]3CN(S(=O)(=O)c4ccc(C)cc4)C[C@@H](OCC(C)O)[C@@H]3c3ccc(COCC4CC4)cc3)cc21. The number of aliphatic hydroxyl groups is 1. The van der Waals surface area contributed by atoms with E-state index in [2.05, 4.69) is 35.2 Å². The fourth-order valence-electron chi connectivity index (χ4n) is 6.71. The van der Waals surface area contributed by atoms with Crippen LogP contribution in [0.1, 0.15) is 54.4 Å². The summed E-state index contributed by atoms with van der Waals surface area (Å²) in [6.45, 7) is 8.54. The Morgan fingerprint density at radius 1 is 0.940 bits per heavy atom. The van der Waals surface area contributed by atoms with E-state index in [1.807, 2.05) is 31.2 Å². The highest BCUT2D eigenvalue weighted by Crippen LogP contribution is 2.37. The topological polar surface area (TPSA) is 107 Å². The second-order valence-electron chi connectivity index (χ2n) is 13.9. The molecule has 4 atom stereocenters. The lowest BCUT2D eigenvalue weighted by Crippen LogP contribution is -2.54. The molecule has 3 aromatic carbocycles. The fourth-order valence-corrected chi connectivity index (χ4v) is 8.17. The van der Waals surface area contributed by atoms with E-state index in [1.165, 1.54) is 17.1 Å². The maximum absolute atomic E-state index is 14.1. The first-order valence-corrected chi connectivity index (χ1v) is 19.3. The van der Waals surface area contributed by atoms with Crippen molar-refractivity contribution in [2.75, 3.05) is 64.6 Å². The minimum Gasteiger partial charge on any atom is -0.490 e. The molecule has 1 unspecified atom stereocenters. The molecular weight excluding hydrogens is 657 g/mol. The zero-order chi connectivity index (χ0) is 35.1. The summed E-state index contributed by atoms with van der Waals surface area (Å²) in [6.07, 6.45) is 1.59. The van der Waals surface area contributed by atoms with Crippen LogP contribution in [-0.2, 0) is 42.2 Å². The lowest BCUT2D eigenvalue weighted by molar-refractivity contribution is -0.0916. The minimum absolute atomic E-state index is 0.0725. The van der Waals surface area contributed by atoms with Gasteiger partial charge >= 0.3 is 0 Å². The number of piperidine rings is 1. The molecule has 0 amide bonds. The Bertz CT molecular complexity index is 1630. The number of ether oxygens (including phenoxy) is 5. The second kappa shape index (κ2) is 17.0. The standard InChI is InChI=1S/C39H52N2O8S/c1-28-5-14-34(15-6-28)50(43,44)41-22-37(48-24-29(2)42)39(33-12-9-31(10-13-33)26-46-25-30-7-8-30)38(23-41)49-27-32-11-16-36-35(21-32)40(18-20-47-36)17-4-19-45-3/h5-6,9-16,21,29-30,37-39,42H,4,7-8,17-20,22-27H2,1-3H3/t29?,37-,38+,39+/m1/s1. The van der Waals surface area contributed by atoms with E-state index < -0.39 is 28.3 Å². The smallest absolute Gasteiger partial charge is 0.243 e. The number of nitrogens with zero attached hydrogens (tertiary/aromatic N) is 2. The van der Waals surface area contributed by atoms with Crippen LogP contribution in [0.3, 0.4) is 0 Å². The summed E-state index contributed by atoms with van der Waals surface area (Å²) < 4.78 is 59.9. The van der Waals surface area contributed by atoms with Crippen LogP contribution in [0.4, 0.5) is 5.69 Å². The van der Waals surface area contributed by atoms with Gasteiger partial charge in [-0.2, -0.15) is 4.31 Å². The summed E-state index contributed by atoms with van der Waals surface area (Å²) in [5, 5.41) is 10.2. The summed E-state index contributed by atoms with van der Waals surface area (Å²) in [7, 11) is -2.14. The average molecular weight is 709 g/mol. The van der Waals surface area contributed by atoms with Gasteiger partial charge in [-0.15, -0.1) is 0 Å². The van der Waals surface area contributed by atoms with Gasteiger partial charge in [0.15, 0.2) is 0 Å². The monoisotopic (exact) mass is 708 g/mol. The van der Waals surface area contributed by atoms with E-state index in [1.54, 1.807) is 26.2 Å². The molecule has 1 saturated heterocycles. The molecule has 0 radical (unpaired) electrons. The Labute approximate surface area is 297 Å². The molecule has 0 aromatic heterocycles. The number of anilines is 1. The van der Waals surface area contributed by atoms with Crippen LogP contribution < -0.4 is 9.64 Å². The van der Waals surface area contributed by atoms with Gasteiger partial charge in [0.05, 0.1) is 55.3 Å². The molecular formula is C39H52N2O8S. The van der Waals surface area contributed by atoms with Crippen molar-refractivity contribution in [3.63, 3.8) is 0 Å². The number of fused-ring (bicyclic) bond motifs is 1. The van der Waals surface area contributed by atoms with Crippen molar-refractivity contribution < 1.29 is 37.2 Å². The summed E-state index contributed by atoms with van der Waals surface area (Å²) in [4.78, 5) is 2.55. The van der Waals surface area contributed by atoms with Gasteiger partial charge in [0.25, 0.3) is 0 Å². The molecule has 2 fully saturated rings. The van der Waals surface area contributed by atoms with E-state index in [-0.39, 0.29) is 37.1 Å². The number of aliphatic hydroxyl groups excluding tert-OH is 1. The number of methoxy groups -OCH3 is 1. The third-order valence-corrected chi connectivity index (χ3v) is 11.5. The highest BCUT2D eigenvalue weighted by molar-refractivity contribution is 7.89. The molecule has 50 heavy (non-hydrogen) atoms. The van der Waals surface area contributed by atoms with Gasteiger partial charge in [-0.3, -0.25) is 0 Å². The van der Waals surface area contributed by atoms with Gasteiger partial charge in [0.2, 0.25) is 10.0 Å². The molecule has 0 spiro atoms. The van der Waals surface area contributed by atoms with Crippen LogP contribution in [0.2, 0.25) is 0 Å². The molecule has 1 aliphatic carbocycles. The van der Waals surface area contributed by atoms with Gasteiger partial charge in [0, 0.05) is 45.9 Å². The maximum atomic E-state index is 14.1. The molecule has 10 nitrogen and oxygen atoms in total. The van der Waals surface area contributed by atoms with Crippen molar-refractivity contribution in [2.24, 2.45) is 5.92 Å². The number of sulfonamides is 1. The van der Waals surface area contributed by atoms with Crippen molar-refractivity contribution >= 4 is 15.7 Å². The maximum Gasteiger partial charge on any atom is 0.243 e. The number of benzene rings is 3. The van der Waals surface area contributed by atoms with Crippen LogP contribution in [0, 0.1) is 12.8 Å². The molecule has 2 heterocycles. The van der Waals surface area contributed by atoms with Gasteiger partial charge in [0.1, 0.15) is 12.4 Å². The van der Waals surface area contributed by atoms with Gasteiger partial charge in [-0.1, -0.05) is 48.0 Å². The Morgan fingerprint density at radius 3 is 2.36 bits per heavy atom. The zero-order valence-electron chi connectivity index (χ0n) is 29.5. The van der Waals surface area contributed by atoms with Crippen molar-refractivity contribution in [1.29, 1.82) is 0 Å². The van der Waals surface area contributed by atoms with E-state index in [4.69, 9.17) is 23.7 Å². The fraction of sp³-hybridized carbons (Fsp3) is 0.538. The highest BCUT2D eigenvalue weighted by atomic mass is 32.2. The molecule has 1 saturated carbocycles. The summed E-state index contributed by atoms with van der Waals surface area (Å²) in [6, 6.07) is 21.3. The molecule has 1 N–H and O–H groups in total. The van der Waals surface area contributed by atoms with E-state index >= 15 is 0 Å². The van der Waals surface area contributed by atoms with Gasteiger partial charge in [-0.05, 0) is 80.0 Å². The Kier molecular flexibility index (Phi) is 12.5. The third-order valence-electron chi connectivity index (χ3n) is 9.69. The van der Waals surface area contributed by atoms with Crippen molar-refractivity contribution in [1.82, 2.24) is 4.31 Å². The number of hydrogen-bond acceptors (Lipinski definition) is 9.